The second kappa shape index (κ2) is 5.61. The van der Waals surface area contributed by atoms with Crippen molar-refractivity contribution in [2.45, 2.75) is 30.7 Å². The number of anilines is 1. The standard InChI is InChI=1S/C16H18N2O3S/c1-12-11-14(8-9-15(12)21-2)22(19,20)18(13-6-7-13)16-5-3-4-10-17-16/h3-5,8-11,13H,6-7H2,1-2H3. The van der Waals surface area contributed by atoms with Crippen LogP contribution in [-0.4, -0.2) is 26.6 Å². The van der Waals surface area contributed by atoms with Crippen LogP contribution in [0.2, 0.25) is 0 Å². The first-order valence-corrected chi connectivity index (χ1v) is 8.58. The van der Waals surface area contributed by atoms with Gasteiger partial charge in [0.2, 0.25) is 0 Å². The van der Waals surface area contributed by atoms with Crippen molar-refractivity contribution in [3.05, 3.63) is 48.2 Å². The van der Waals surface area contributed by atoms with Gasteiger partial charge < -0.3 is 4.74 Å². The Hall–Kier alpha value is -2.08. The topological polar surface area (TPSA) is 59.5 Å². The van der Waals surface area contributed by atoms with Crippen LogP contribution >= 0.6 is 0 Å². The van der Waals surface area contributed by atoms with Crippen molar-refractivity contribution in [3.63, 3.8) is 0 Å². The molecule has 1 heterocycles. The van der Waals surface area contributed by atoms with Gasteiger partial charge in [0.15, 0.2) is 0 Å². The van der Waals surface area contributed by atoms with Crippen molar-refractivity contribution < 1.29 is 13.2 Å². The summed E-state index contributed by atoms with van der Waals surface area (Å²) in [6.45, 7) is 1.83. The van der Waals surface area contributed by atoms with E-state index in [1.807, 2.05) is 6.92 Å². The molecule has 116 valence electrons. The summed E-state index contributed by atoms with van der Waals surface area (Å²) < 4.78 is 32.7. The SMILES string of the molecule is COc1ccc(S(=O)(=O)N(c2ccccn2)C2CC2)cc1C. The molecule has 0 spiro atoms. The van der Waals surface area contributed by atoms with Crippen LogP contribution in [0.3, 0.4) is 0 Å². The van der Waals surface area contributed by atoms with E-state index in [1.165, 1.54) is 4.31 Å². The van der Waals surface area contributed by atoms with Crippen molar-refractivity contribution in [1.29, 1.82) is 0 Å². The minimum absolute atomic E-state index is 0.00214. The zero-order chi connectivity index (χ0) is 15.7. The number of pyridine rings is 1. The summed E-state index contributed by atoms with van der Waals surface area (Å²) in [6, 6.07) is 10.2. The molecule has 1 aliphatic carbocycles. The fourth-order valence-corrected chi connectivity index (χ4v) is 4.17. The van der Waals surface area contributed by atoms with E-state index in [9.17, 15) is 8.42 Å². The van der Waals surface area contributed by atoms with Gasteiger partial charge in [-0.3, -0.25) is 0 Å². The Balaban J connectivity index is 2.05. The molecule has 0 atom stereocenters. The number of methoxy groups -OCH3 is 1. The van der Waals surface area contributed by atoms with Crippen LogP contribution in [0.4, 0.5) is 5.82 Å². The van der Waals surface area contributed by atoms with E-state index >= 15 is 0 Å². The van der Waals surface area contributed by atoms with Gasteiger partial charge >= 0.3 is 0 Å². The highest BCUT2D eigenvalue weighted by Crippen LogP contribution is 2.36. The lowest BCUT2D eigenvalue weighted by Crippen LogP contribution is -2.33. The largest absolute Gasteiger partial charge is 0.496 e. The molecule has 0 unspecified atom stereocenters. The predicted octanol–water partition coefficient (Wildman–Crippen LogP) is 2.76. The number of benzene rings is 1. The number of hydrogen-bond donors (Lipinski definition) is 0. The zero-order valence-electron chi connectivity index (χ0n) is 12.6. The quantitative estimate of drug-likeness (QED) is 0.850. The molecule has 0 saturated heterocycles. The number of aryl methyl sites for hydroxylation is 1. The van der Waals surface area contributed by atoms with Gasteiger partial charge in [-0.15, -0.1) is 0 Å². The molecule has 1 aliphatic rings. The molecule has 22 heavy (non-hydrogen) atoms. The fourth-order valence-electron chi connectivity index (χ4n) is 2.42. The summed E-state index contributed by atoms with van der Waals surface area (Å²) in [4.78, 5) is 4.48. The minimum atomic E-state index is -3.62. The van der Waals surface area contributed by atoms with Crippen LogP contribution in [0.5, 0.6) is 5.75 Å². The summed E-state index contributed by atoms with van der Waals surface area (Å²) in [5.41, 5.74) is 0.792. The molecule has 1 aromatic carbocycles. The normalized spacial score (nSPS) is 14.6. The molecule has 3 rings (SSSR count). The number of rotatable bonds is 5. The molecule has 0 radical (unpaired) electrons. The Labute approximate surface area is 130 Å². The molecular weight excluding hydrogens is 300 g/mol. The molecular formula is C16H18N2O3S. The second-order valence-electron chi connectivity index (χ2n) is 5.35. The Morgan fingerprint density at radius 2 is 2.00 bits per heavy atom. The van der Waals surface area contributed by atoms with Gasteiger partial charge in [-0.05, 0) is 55.7 Å². The van der Waals surface area contributed by atoms with Crippen molar-refractivity contribution in [2.75, 3.05) is 11.4 Å². The highest BCUT2D eigenvalue weighted by atomic mass is 32.2. The zero-order valence-corrected chi connectivity index (χ0v) is 13.4. The Morgan fingerprint density at radius 3 is 2.55 bits per heavy atom. The van der Waals surface area contributed by atoms with Gasteiger partial charge in [0.25, 0.3) is 10.0 Å². The Morgan fingerprint density at radius 1 is 1.23 bits per heavy atom. The summed E-state index contributed by atoms with van der Waals surface area (Å²) in [7, 11) is -2.05. The predicted molar refractivity (Wildman–Crippen MR) is 84.7 cm³/mol. The molecule has 1 saturated carbocycles. The molecule has 5 nitrogen and oxygen atoms in total. The van der Waals surface area contributed by atoms with Crippen molar-refractivity contribution in [1.82, 2.24) is 4.98 Å². The first-order chi connectivity index (χ1) is 10.5. The van der Waals surface area contributed by atoms with E-state index in [0.717, 1.165) is 18.4 Å². The first kappa shape index (κ1) is 14.8. The van der Waals surface area contributed by atoms with Gasteiger partial charge in [0.05, 0.1) is 12.0 Å². The molecule has 0 N–H and O–H groups in total. The molecule has 1 aromatic heterocycles. The maximum absolute atomic E-state index is 13.0. The van der Waals surface area contributed by atoms with Crippen LogP contribution in [-0.2, 0) is 10.0 Å². The van der Waals surface area contributed by atoms with E-state index in [1.54, 1.807) is 49.7 Å². The lowest BCUT2D eigenvalue weighted by molar-refractivity contribution is 0.411. The van der Waals surface area contributed by atoms with Crippen molar-refractivity contribution >= 4 is 15.8 Å². The van der Waals surface area contributed by atoms with Crippen molar-refractivity contribution in [3.8, 4) is 5.75 Å². The van der Waals surface area contributed by atoms with Crippen LogP contribution < -0.4 is 9.04 Å². The van der Waals surface area contributed by atoms with E-state index < -0.39 is 10.0 Å². The van der Waals surface area contributed by atoms with Crippen LogP contribution in [0, 0.1) is 6.92 Å². The van der Waals surface area contributed by atoms with Gasteiger partial charge in [0.1, 0.15) is 11.6 Å². The smallest absolute Gasteiger partial charge is 0.265 e. The third-order valence-electron chi connectivity index (χ3n) is 3.68. The van der Waals surface area contributed by atoms with Gasteiger partial charge in [0, 0.05) is 12.2 Å². The average molecular weight is 318 g/mol. The van der Waals surface area contributed by atoms with E-state index in [4.69, 9.17) is 4.74 Å². The summed E-state index contributed by atoms with van der Waals surface area (Å²) >= 11 is 0. The summed E-state index contributed by atoms with van der Waals surface area (Å²) in [5, 5.41) is 0. The molecule has 0 aliphatic heterocycles. The average Bonchev–Trinajstić information content (AvgIpc) is 3.33. The maximum atomic E-state index is 13.0. The number of sulfonamides is 1. The highest BCUT2D eigenvalue weighted by Gasteiger charge is 2.39. The monoisotopic (exact) mass is 318 g/mol. The maximum Gasteiger partial charge on any atom is 0.265 e. The highest BCUT2D eigenvalue weighted by molar-refractivity contribution is 7.92. The lowest BCUT2D eigenvalue weighted by Gasteiger charge is -2.23. The van der Waals surface area contributed by atoms with E-state index in [2.05, 4.69) is 4.98 Å². The van der Waals surface area contributed by atoms with Crippen LogP contribution in [0.15, 0.2) is 47.5 Å². The fraction of sp³-hybridized carbons (Fsp3) is 0.312. The minimum Gasteiger partial charge on any atom is -0.496 e. The molecule has 6 heteroatoms. The van der Waals surface area contributed by atoms with Crippen LogP contribution in [0.25, 0.3) is 0 Å². The molecule has 0 bridgehead atoms. The van der Waals surface area contributed by atoms with Crippen molar-refractivity contribution in [2.24, 2.45) is 0 Å². The van der Waals surface area contributed by atoms with E-state index in [-0.39, 0.29) is 10.9 Å². The van der Waals surface area contributed by atoms with Gasteiger partial charge in [-0.1, -0.05) is 6.07 Å². The molecule has 0 amide bonds. The number of ether oxygens (including phenoxy) is 1. The van der Waals surface area contributed by atoms with Gasteiger partial charge in [-0.2, -0.15) is 0 Å². The van der Waals surface area contributed by atoms with Gasteiger partial charge in [-0.25, -0.2) is 17.7 Å². The van der Waals surface area contributed by atoms with Crippen LogP contribution in [0.1, 0.15) is 18.4 Å². The first-order valence-electron chi connectivity index (χ1n) is 7.14. The molecule has 1 fully saturated rings. The number of hydrogen-bond acceptors (Lipinski definition) is 4. The number of aromatic nitrogens is 1. The Kier molecular flexibility index (Phi) is 3.78. The summed E-state index contributed by atoms with van der Waals surface area (Å²) in [5.74, 6) is 1.15. The third kappa shape index (κ3) is 2.66. The summed E-state index contributed by atoms with van der Waals surface area (Å²) in [6.07, 6.45) is 3.34. The van der Waals surface area contributed by atoms with E-state index in [0.29, 0.717) is 11.6 Å². The third-order valence-corrected chi connectivity index (χ3v) is 5.53. The second-order valence-corrected chi connectivity index (χ2v) is 7.17. The molecule has 2 aromatic rings. The Bertz CT molecular complexity index is 771. The number of nitrogens with zero attached hydrogens (tertiary/aromatic N) is 2. The lowest BCUT2D eigenvalue weighted by atomic mass is 10.2.